The SMILES string of the molecule is COC(OC)c1ccccc1C(=O)c1ccccc1. The molecule has 0 fully saturated rings. The molecule has 0 radical (unpaired) electrons. The molecule has 0 aromatic heterocycles. The molecule has 0 aliphatic rings. The van der Waals surface area contributed by atoms with E-state index in [2.05, 4.69) is 0 Å². The first kappa shape index (κ1) is 13.5. The Balaban J connectivity index is 2.43. The van der Waals surface area contributed by atoms with Crippen molar-refractivity contribution >= 4 is 5.78 Å². The van der Waals surface area contributed by atoms with Crippen LogP contribution >= 0.6 is 0 Å². The van der Waals surface area contributed by atoms with Gasteiger partial charge in [0.2, 0.25) is 0 Å². The Morgan fingerprint density at radius 1 is 0.895 bits per heavy atom. The van der Waals surface area contributed by atoms with Crippen molar-refractivity contribution in [1.29, 1.82) is 0 Å². The zero-order valence-electron chi connectivity index (χ0n) is 11.0. The van der Waals surface area contributed by atoms with Gasteiger partial charge in [-0.3, -0.25) is 4.79 Å². The fourth-order valence-corrected chi connectivity index (χ4v) is 2.00. The van der Waals surface area contributed by atoms with Crippen LogP contribution in [0.2, 0.25) is 0 Å². The minimum Gasteiger partial charge on any atom is -0.352 e. The van der Waals surface area contributed by atoms with Crippen LogP contribution in [0.4, 0.5) is 0 Å². The maximum Gasteiger partial charge on any atom is 0.193 e. The third-order valence-electron chi connectivity index (χ3n) is 2.92. The van der Waals surface area contributed by atoms with Crippen molar-refractivity contribution in [1.82, 2.24) is 0 Å². The van der Waals surface area contributed by atoms with Gasteiger partial charge in [0, 0.05) is 30.9 Å². The first-order valence-corrected chi connectivity index (χ1v) is 6.02. The minimum absolute atomic E-state index is 0.0321. The zero-order valence-corrected chi connectivity index (χ0v) is 11.0. The predicted octanol–water partition coefficient (Wildman–Crippen LogP) is 3.21. The van der Waals surface area contributed by atoms with Gasteiger partial charge in [-0.25, -0.2) is 0 Å². The van der Waals surface area contributed by atoms with Crippen LogP contribution in [-0.4, -0.2) is 20.0 Å². The summed E-state index contributed by atoms with van der Waals surface area (Å²) in [6.45, 7) is 0. The standard InChI is InChI=1S/C16H16O3/c1-18-16(19-2)14-11-7-6-10-13(14)15(17)12-8-4-3-5-9-12/h3-11,16H,1-2H3. The number of hydrogen-bond acceptors (Lipinski definition) is 3. The monoisotopic (exact) mass is 256 g/mol. The van der Waals surface area contributed by atoms with E-state index in [1.165, 1.54) is 0 Å². The Bertz CT molecular complexity index is 545. The topological polar surface area (TPSA) is 35.5 Å². The Kier molecular flexibility index (Phi) is 4.44. The van der Waals surface area contributed by atoms with E-state index in [1.807, 2.05) is 36.4 Å². The Labute approximate surface area is 112 Å². The zero-order chi connectivity index (χ0) is 13.7. The van der Waals surface area contributed by atoms with Crippen molar-refractivity contribution in [2.45, 2.75) is 6.29 Å². The van der Waals surface area contributed by atoms with E-state index in [9.17, 15) is 4.79 Å². The number of benzene rings is 2. The molecule has 0 heterocycles. The van der Waals surface area contributed by atoms with Crippen LogP contribution in [0.5, 0.6) is 0 Å². The number of methoxy groups -OCH3 is 2. The normalized spacial score (nSPS) is 10.7. The van der Waals surface area contributed by atoms with Gasteiger partial charge >= 0.3 is 0 Å². The van der Waals surface area contributed by atoms with Gasteiger partial charge in [0.05, 0.1) is 0 Å². The van der Waals surface area contributed by atoms with Crippen LogP contribution < -0.4 is 0 Å². The van der Waals surface area contributed by atoms with Gasteiger partial charge in [-0.05, 0) is 0 Å². The average Bonchev–Trinajstić information content (AvgIpc) is 2.49. The number of ether oxygens (including phenoxy) is 2. The first-order valence-electron chi connectivity index (χ1n) is 6.02. The molecule has 2 aromatic carbocycles. The second-order valence-electron chi connectivity index (χ2n) is 4.09. The van der Waals surface area contributed by atoms with Crippen LogP contribution in [0.3, 0.4) is 0 Å². The number of rotatable bonds is 5. The molecule has 3 nitrogen and oxygen atoms in total. The molecule has 3 heteroatoms. The fourth-order valence-electron chi connectivity index (χ4n) is 2.00. The minimum atomic E-state index is -0.538. The molecule has 0 atom stereocenters. The van der Waals surface area contributed by atoms with Crippen LogP contribution in [-0.2, 0) is 9.47 Å². The highest BCUT2D eigenvalue weighted by atomic mass is 16.7. The summed E-state index contributed by atoms with van der Waals surface area (Å²) in [6.07, 6.45) is -0.538. The summed E-state index contributed by atoms with van der Waals surface area (Å²) in [7, 11) is 3.11. The molecule has 0 spiro atoms. The summed E-state index contributed by atoms with van der Waals surface area (Å²) in [6, 6.07) is 16.5. The van der Waals surface area contributed by atoms with Crippen LogP contribution in [0.1, 0.15) is 27.8 Å². The molecule has 0 aliphatic heterocycles. The summed E-state index contributed by atoms with van der Waals surface area (Å²) in [4.78, 5) is 12.5. The third-order valence-corrected chi connectivity index (χ3v) is 2.92. The molecule has 0 saturated carbocycles. The van der Waals surface area contributed by atoms with E-state index in [4.69, 9.17) is 9.47 Å². The molecule has 2 rings (SSSR count). The van der Waals surface area contributed by atoms with E-state index in [0.29, 0.717) is 11.1 Å². The van der Waals surface area contributed by atoms with E-state index in [0.717, 1.165) is 5.56 Å². The predicted molar refractivity (Wildman–Crippen MR) is 73.1 cm³/mol. The van der Waals surface area contributed by atoms with Crippen molar-refractivity contribution in [3.05, 3.63) is 71.3 Å². The largest absolute Gasteiger partial charge is 0.352 e. The van der Waals surface area contributed by atoms with Gasteiger partial charge in [-0.15, -0.1) is 0 Å². The van der Waals surface area contributed by atoms with Gasteiger partial charge < -0.3 is 9.47 Å². The summed E-state index contributed by atoms with van der Waals surface area (Å²) in [5, 5.41) is 0. The van der Waals surface area contributed by atoms with Crippen molar-refractivity contribution in [3.63, 3.8) is 0 Å². The van der Waals surface area contributed by atoms with Crippen molar-refractivity contribution < 1.29 is 14.3 Å². The second-order valence-corrected chi connectivity index (χ2v) is 4.09. The lowest BCUT2D eigenvalue weighted by atomic mass is 9.98. The lowest BCUT2D eigenvalue weighted by Crippen LogP contribution is -2.11. The smallest absolute Gasteiger partial charge is 0.193 e. The summed E-state index contributed by atoms with van der Waals surface area (Å²) in [5.74, 6) is -0.0321. The van der Waals surface area contributed by atoms with Gasteiger partial charge in [-0.1, -0.05) is 54.6 Å². The van der Waals surface area contributed by atoms with Gasteiger partial charge in [0.15, 0.2) is 12.1 Å². The van der Waals surface area contributed by atoms with Gasteiger partial charge in [-0.2, -0.15) is 0 Å². The summed E-state index contributed by atoms with van der Waals surface area (Å²) >= 11 is 0. The number of ketones is 1. The van der Waals surface area contributed by atoms with Crippen molar-refractivity contribution in [3.8, 4) is 0 Å². The van der Waals surface area contributed by atoms with Gasteiger partial charge in [0.25, 0.3) is 0 Å². The Morgan fingerprint density at radius 3 is 2.11 bits per heavy atom. The van der Waals surface area contributed by atoms with Crippen LogP contribution in [0, 0.1) is 0 Å². The summed E-state index contributed by atoms with van der Waals surface area (Å²) < 4.78 is 10.5. The molecule has 0 saturated heterocycles. The molecule has 0 amide bonds. The molecule has 0 bridgehead atoms. The first-order chi connectivity index (χ1) is 9.27. The molecule has 0 unspecified atom stereocenters. The lowest BCUT2D eigenvalue weighted by Gasteiger charge is -2.17. The Hall–Kier alpha value is -1.97. The molecule has 19 heavy (non-hydrogen) atoms. The lowest BCUT2D eigenvalue weighted by molar-refractivity contribution is -0.106. The molecule has 0 aliphatic carbocycles. The van der Waals surface area contributed by atoms with Crippen molar-refractivity contribution in [2.24, 2.45) is 0 Å². The quantitative estimate of drug-likeness (QED) is 0.608. The summed E-state index contributed by atoms with van der Waals surface area (Å²) in [5.41, 5.74) is 1.99. The van der Waals surface area contributed by atoms with E-state index < -0.39 is 6.29 Å². The molecular weight excluding hydrogens is 240 g/mol. The third kappa shape index (κ3) is 2.89. The molecule has 0 N–H and O–H groups in total. The second kappa shape index (κ2) is 6.27. The molecule has 98 valence electrons. The Morgan fingerprint density at radius 2 is 1.47 bits per heavy atom. The number of carbonyl (C=O) groups is 1. The van der Waals surface area contributed by atoms with E-state index >= 15 is 0 Å². The maximum atomic E-state index is 12.5. The number of carbonyl (C=O) groups excluding carboxylic acids is 1. The molecular formula is C16H16O3. The van der Waals surface area contributed by atoms with Crippen molar-refractivity contribution in [2.75, 3.05) is 14.2 Å². The molecule has 2 aromatic rings. The maximum absolute atomic E-state index is 12.5. The highest BCUT2D eigenvalue weighted by molar-refractivity contribution is 6.09. The van der Waals surface area contributed by atoms with Crippen LogP contribution in [0.15, 0.2) is 54.6 Å². The van der Waals surface area contributed by atoms with E-state index in [-0.39, 0.29) is 5.78 Å². The van der Waals surface area contributed by atoms with Gasteiger partial charge in [0.1, 0.15) is 0 Å². The highest BCUT2D eigenvalue weighted by Crippen LogP contribution is 2.23. The highest BCUT2D eigenvalue weighted by Gasteiger charge is 2.19. The van der Waals surface area contributed by atoms with E-state index in [1.54, 1.807) is 32.4 Å². The average molecular weight is 256 g/mol. The fraction of sp³-hybridized carbons (Fsp3) is 0.188. The number of hydrogen-bond donors (Lipinski definition) is 0. The van der Waals surface area contributed by atoms with Crippen LogP contribution in [0.25, 0.3) is 0 Å².